The molecule has 29 heavy (non-hydrogen) atoms. The number of methoxy groups -OCH3 is 1. The second-order valence-corrected chi connectivity index (χ2v) is 6.79. The molecule has 1 saturated heterocycles. The van der Waals surface area contributed by atoms with Crippen molar-refractivity contribution >= 4 is 11.9 Å². The number of carbonyl (C=O) groups is 2. The Morgan fingerprint density at radius 2 is 1.66 bits per heavy atom. The van der Waals surface area contributed by atoms with Crippen LogP contribution in [0.5, 0.6) is 5.75 Å². The molecule has 2 aromatic rings. The number of ether oxygens (including phenoxy) is 3. The van der Waals surface area contributed by atoms with Gasteiger partial charge in [0.15, 0.2) is 6.61 Å². The van der Waals surface area contributed by atoms with Crippen LogP contribution in [0.25, 0.3) is 0 Å². The zero-order valence-electron chi connectivity index (χ0n) is 16.6. The molecule has 2 aromatic carbocycles. The van der Waals surface area contributed by atoms with Crippen molar-refractivity contribution in [2.24, 2.45) is 0 Å². The van der Waals surface area contributed by atoms with Crippen molar-refractivity contribution in [3.8, 4) is 5.75 Å². The molecule has 0 aromatic heterocycles. The van der Waals surface area contributed by atoms with E-state index in [1.165, 1.54) is 0 Å². The largest absolute Gasteiger partial charge is 0.497 e. The molecule has 1 aliphatic rings. The van der Waals surface area contributed by atoms with E-state index in [1.807, 2.05) is 36.4 Å². The van der Waals surface area contributed by atoms with Crippen molar-refractivity contribution in [3.05, 3.63) is 65.2 Å². The monoisotopic (exact) mass is 398 g/mol. The van der Waals surface area contributed by atoms with Gasteiger partial charge in [0, 0.05) is 26.2 Å². The minimum atomic E-state index is -0.512. The van der Waals surface area contributed by atoms with Gasteiger partial charge in [-0.3, -0.25) is 9.69 Å². The van der Waals surface area contributed by atoms with Crippen LogP contribution in [0.15, 0.2) is 48.5 Å². The highest BCUT2D eigenvalue weighted by atomic mass is 16.5. The van der Waals surface area contributed by atoms with Gasteiger partial charge in [-0.25, -0.2) is 4.79 Å². The number of carbonyl (C=O) groups excluding carboxylic acids is 2. The molecule has 7 nitrogen and oxygen atoms in total. The SMILES string of the molecule is COc1ccc(CNC(=O)COC(=O)c2ccc(CN3CCOCC3)cc2)cc1. The number of benzene rings is 2. The minimum Gasteiger partial charge on any atom is -0.497 e. The van der Waals surface area contributed by atoms with Gasteiger partial charge in [-0.1, -0.05) is 24.3 Å². The van der Waals surface area contributed by atoms with Gasteiger partial charge in [0.05, 0.1) is 25.9 Å². The molecule has 0 spiro atoms. The van der Waals surface area contributed by atoms with E-state index in [4.69, 9.17) is 14.2 Å². The number of morpholine rings is 1. The van der Waals surface area contributed by atoms with E-state index in [0.29, 0.717) is 12.1 Å². The van der Waals surface area contributed by atoms with Gasteiger partial charge in [-0.05, 0) is 35.4 Å². The summed E-state index contributed by atoms with van der Waals surface area (Å²) in [6, 6.07) is 14.7. The third-order valence-electron chi connectivity index (χ3n) is 4.68. The van der Waals surface area contributed by atoms with Gasteiger partial charge in [0.25, 0.3) is 5.91 Å². The molecule has 1 N–H and O–H groups in total. The predicted octanol–water partition coefficient (Wildman–Crippen LogP) is 2.00. The minimum absolute atomic E-state index is 0.315. The Kier molecular flexibility index (Phi) is 7.61. The quantitative estimate of drug-likeness (QED) is 0.686. The van der Waals surface area contributed by atoms with E-state index in [2.05, 4.69) is 10.2 Å². The summed E-state index contributed by atoms with van der Waals surface area (Å²) in [5.41, 5.74) is 2.49. The van der Waals surface area contributed by atoms with E-state index >= 15 is 0 Å². The summed E-state index contributed by atoms with van der Waals surface area (Å²) >= 11 is 0. The van der Waals surface area contributed by atoms with Crippen LogP contribution in [0, 0.1) is 0 Å². The smallest absolute Gasteiger partial charge is 0.338 e. The van der Waals surface area contributed by atoms with Crippen molar-refractivity contribution in [2.45, 2.75) is 13.1 Å². The number of hydrogen-bond donors (Lipinski definition) is 1. The fourth-order valence-corrected chi connectivity index (χ4v) is 2.97. The summed E-state index contributed by atoms with van der Waals surface area (Å²) < 4.78 is 15.5. The van der Waals surface area contributed by atoms with E-state index in [0.717, 1.165) is 49.7 Å². The van der Waals surface area contributed by atoms with Crippen LogP contribution in [0.1, 0.15) is 21.5 Å². The number of nitrogens with one attached hydrogen (secondary N) is 1. The molecule has 1 fully saturated rings. The van der Waals surface area contributed by atoms with E-state index < -0.39 is 5.97 Å². The predicted molar refractivity (Wildman–Crippen MR) is 108 cm³/mol. The zero-order valence-corrected chi connectivity index (χ0v) is 16.6. The van der Waals surface area contributed by atoms with Crippen molar-refractivity contribution in [1.82, 2.24) is 10.2 Å². The molecule has 0 bridgehead atoms. The molecule has 7 heteroatoms. The maximum Gasteiger partial charge on any atom is 0.338 e. The first-order valence-electron chi connectivity index (χ1n) is 9.60. The Balaban J connectivity index is 1.40. The highest BCUT2D eigenvalue weighted by Gasteiger charge is 2.13. The zero-order chi connectivity index (χ0) is 20.5. The van der Waals surface area contributed by atoms with E-state index in [-0.39, 0.29) is 12.5 Å². The average molecular weight is 398 g/mol. The third kappa shape index (κ3) is 6.58. The maximum atomic E-state index is 12.2. The lowest BCUT2D eigenvalue weighted by Gasteiger charge is -2.26. The van der Waals surface area contributed by atoms with Gasteiger partial charge in [-0.2, -0.15) is 0 Å². The summed E-state index contributed by atoms with van der Waals surface area (Å²) in [7, 11) is 1.60. The first-order valence-corrected chi connectivity index (χ1v) is 9.60. The number of amides is 1. The van der Waals surface area contributed by atoms with Crippen LogP contribution in [0.4, 0.5) is 0 Å². The van der Waals surface area contributed by atoms with Crippen LogP contribution in [0.3, 0.4) is 0 Å². The molecule has 0 aliphatic carbocycles. The highest BCUT2D eigenvalue weighted by molar-refractivity contribution is 5.91. The Morgan fingerprint density at radius 1 is 1.00 bits per heavy atom. The lowest BCUT2D eigenvalue weighted by atomic mass is 10.1. The van der Waals surface area contributed by atoms with Crippen molar-refractivity contribution in [3.63, 3.8) is 0 Å². The molecule has 1 amide bonds. The first kappa shape index (κ1) is 20.8. The Bertz CT molecular complexity index is 799. The van der Waals surface area contributed by atoms with E-state index in [1.54, 1.807) is 19.2 Å². The summed E-state index contributed by atoms with van der Waals surface area (Å²) in [6.07, 6.45) is 0. The molecule has 0 unspecified atom stereocenters. The van der Waals surface area contributed by atoms with Gasteiger partial charge in [0.2, 0.25) is 0 Å². The van der Waals surface area contributed by atoms with Gasteiger partial charge in [0.1, 0.15) is 5.75 Å². The standard InChI is InChI=1S/C22H26N2O5/c1-27-20-8-4-17(5-9-20)14-23-21(25)16-29-22(26)19-6-2-18(3-7-19)15-24-10-12-28-13-11-24/h2-9H,10-16H2,1H3,(H,23,25). The van der Waals surface area contributed by atoms with Gasteiger partial charge in [-0.15, -0.1) is 0 Å². The van der Waals surface area contributed by atoms with Gasteiger partial charge >= 0.3 is 5.97 Å². The van der Waals surface area contributed by atoms with Crippen LogP contribution in [-0.4, -0.2) is 56.8 Å². The molecule has 0 atom stereocenters. The normalized spacial score (nSPS) is 14.2. The van der Waals surface area contributed by atoms with Crippen molar-refractivity contribution < 1.29 is 23.8 Å². The second kappa shape index (κ2) is 10.6. The molecule has 3 rings (SSSR count). The highest BCUT2D eigenvalue weighted by Crippen LogP contribution is 2.11. The van der Waals surface area contributed by atoms with Gasteiger partial charge < -0.3 is 19.5 Å². The average Bonchev–Trinajstić information content (AvgIpc) is 2.77. The summed E-state index contributed by atoms with van der Waals surface area (Å²) in [4.78, 5) is 26.4. The lowest BCUT2D eigenvalue weighted by Crippen LogP contribution is -2.35. The maximum absolute atomic E-state index is 12.2. The Hall–Kier alpha value is -2.90. The summed E-state index contributed by atoms with van der Waals surface area (Å²) in [5, 5.41) is 2.73. The molecular weight excluding hydrogens is 372 g/mol. The van der Waals surface area contributed by atoms with E-state index in [9.17, 15) is 9.59 Å². The molecule has 1 aliphatic heterocycles. The number of nitrogens with zero attached hydrogens (tertiary/aromatic N) is 1. The molecule has 0 saturated carbocycles. The topological polar surface area (TPSA) is 77.1 Å². The first-order chi connectivity index (χ1) is 14.1. The van der Waals surface area contributed by atoms with Crippen LogP contribution >= 0.6 is 0 Å². The van der Waals surface area contributed by atoms with Crippen LogP contribution < -0.4 is 10.1 Å². The van der Waals surface area contributed by atoms with Crippen LogP contribution in [0.2, 0.25) is 0 Å². The molecule has 0 radical (unpaired) electrons. The fraction of sp³-hybridized carbons (Fsp3) is 0.364. The number of esters is 1. The lowest BCUT2D eigenvalue weighted by molar-refractivity contribution is -0.124. The van der Waals surface area contributed by atoms with Crippen LogP contribution in [-0.2, 0) is 27.4 Å². The summed E-state index contributed by atoms with van der Waals surface area (Å²) in [5.74, 6) is -0.106. The molecule has 1 heterocycles. The Morgan fingerprint density at radius 3 is 2.31 bits per heavy atom. The third-order valence-corrected chi connectivity index (χ3v) is 4.68. The molecular formula is C22H26N2O5. The fourth-order valence-electron chi connectivity index (χ4n) is 2.97. The molecule has 154 valence electrons. The van der Waals surface area contributed by atoms with Crippen molar-refractivity contribution in [1.29, 1.82) is 0 Å². The van der Waals surface area contributed by atoms with Crippen molar-refractivity contribution in [2.75, 3.05) is 40.0 Å². The number of rotatable bonds is 8. The summed E-state index contributed by atoms with van der Waals surface area (Å²) in [6.45, 7) is 4.20. The number of hydrogen-bond acceptors (Lipinski definition) is 6. The second-order valence-electron chi connectivity index (χ2n) is 6.79. The Labute approximate surface area is 170 Å².